The molecule has 0 heterocycles. The molecule has 138 valence electrons. The number of rotatable bonds is 3. The smallest absolute Gasteiger partial charge is 0.0102 e. The van der Waals surface area contributed by atoms with Gasteiger partial charge in [0.1, 0.15) is 0 Å². The van der Waals surface area contributed by atoms with E-state index in [2.05, 4.69) is 73.7 Å². The van der Waals surface area contributed by atoms with Gasteiger partial charge in [-0.2, -0.15) is 0 Å². The zero-order valence-electron chi connectivity index (χ0n) is 16.5. The second-order valence-corrected chi connectivity index (χ2v) is 8.85. The summed E-state index contributed by atoms with van der Waals surface area (Å²) in [5, 5.41) is 0. The fourth-order valence-corrected chi connectivity index (χ4v) is 5.97. The maximum absolute atomic E-state index is 2.55. The second-order valence-electron chi connectivity index (χ2n) is 8.85. The van der Waals surface area contributed by atoms with Crippen LogP contribution in [0.3, 0.4) is 0 Å². The van der Waals surface area contributed by atoms with Crippen molar-refractivity contribution in [1.82, 2.24) is 0 Å². The Balaban J connectivity index is 1.32. The van der Waals surface area contributed by atoms with Gasteiger partial charge < -0.3 is 0 Å². The first-order chi connectivity index (χ1) is 13.8. The van der Waals surface area contributed by atoms with Gasteiger partial charge in [0.15, 0.2) is 0 Å². The van der Waals surface area contributed by atoms with E-state index in [0.717, 1.165) is 0 Å². The molecule has 3 aliphatic carbocycles. The lowest BCUT2D eigenvalue weighted by Crippen LogP contribution is -2.03. The summed E-state index contributed by atoms with van der Waals surface area (Å²) in [4.78, 5) is 0. The van der Waals surface area contributed by atoms with E-state index < -0.39 is 0 Å². The SMILES string of the molecule is CC1=Cc2cc3c(cc2[C@H]1CCC1c2ccccc2-c2ccccc21)CCC3. The largest absolute Gasteiger partial charge is 0.0652 e. The van der Waals surface area contributed by atoms with Gasteiger partial charge in [-0.1, -0.05) is 72.3 Å². The normalized spacial score (nSPS) is 19.2. The number of fused-ring (bicyclic) bond motifs is 5. The molecule has 3 aromatic carbocycles. The molecule has 0 bridgehead atoms. The Morgan fingerprint density at radius 2 is 1.32 bits per heavy atom. The molecule has 0 heteroatoms. The molecule has 0 fully saturated rings. The molecule has 0 radical (unpaired) electrons. The van der Waals surface area contributed by atoms with Crippen molar-refractivity contribution in [1.29, 1.82) is 0 Å². The Morgan fingerprint density at radius 3 is 2.04 bits per heavy atom. The fourth-order valence-electron chi connectivity index (χ4n) is 5.97. The molecule has 0 aromatic heterocycles. The van der Waals surface area contributed by atoms with Crippen LogP contribution in [0.15, 0.2) is 66.2 Å². The van der Waals surface area contributed by atoms with Crippen molar-refractivity contribution in [2.45, 2.75) is 50.9 Å². The van der Waals surface area contributed by atoms with Gasteiger partial charge >= 0.3 is 0 Å². The van der Waals surface area contributed by atoms with Crippen LogP contribution < -0.4 is 0 Å². The summed E-state index contributed by atoms with van der Waals surface area (Å²) in [5.41, 5.74) is 13.8. The van der Waals surface area contributed by atoms with Crippen LogP contribution in [0.4, 0.5) is 0 Å². The molecule has 0 saturated carbocycles. The minimum Gasteiger partial charge on any atom is -0.0652 e. The van der Waals surface area contributed by atoms with Gasteiger partial charge in [0, 0.05) is 11.8 Å². The minimum atomic E-state index is 0.540. The number of hydrogen-bond acceptors (Lipinski definition) is 0. The maximum Gasteiger partial charge on any atom is 0.0102 e. The van der Waals surface area contributed by atoms with Gasteiger partial charge in [-0.05, 0) is 83.5 Å². The molecular formula is C28H26. The molecule has 0 N–H and O–H groups in total. The summed E-state index contributed by atoms with van der Waals surface area (Å²) in [6.07, 6.45) is 8.80. The van der Waals surface area contributed by atoms with Gasteiger partial charge in [-0.25, -0.2) is 0 Å². The Bertz CT molecular complexity index is 1070. The lowest BCUT2D eigenvalue weighted by molar-refractivity contribution is 0.618. The summed E-state index contributed by atoms with van der Waals surface area (Å²) < 4.78 is 0. The Morgan fingerprint density at radius 1 is 0.714 bits per heavy atom. The van der Waals surface area contributed by atoms with Gasteiger partial charge in [0.05, 0.1) is 0 Å². The quantitative estimate of drug-likeness (QED) is 0.459. The number of benzene rings is 3. The molecule has 6 rings (SSSR count). The fraction of sp³-hybridized carbons (Fsp3) is 0.286. The van der Waals surface area contributed by atoms with Crippen LogP contribution in [0, 0.1) is 0 Å². The molecule has 0 aliphatic heterocycles. The molecule has 0 unspecified atom stereocenters. The van der Waals surface area contributed by atoms with Crippen molar-refractivity contribution in [3.05, 3.63) is 99.6 Å². The van der Waals surface area contributed by atoms with Gasteiger partial charge in [0.2, 0.25) is 0 Å². The van der Waals surface area contributed by atoms with Crippen LogP contribution in [0.25, 0.3) is 17.2 Å². The summed E-state index contributed by atoms with van der Waals surface area (Å²) in [6.45, 7) is 2.34. The van der Waals surface area contributed by atoms with E-state index in [1.165, 1.54) is 59.9 Å². The molecule has 1 atom stereocenters. The van der Waals surface area contributed by atoms with Crippen LogP contribution in [0.2, 0.25) is 0 Å². The molecule has 0 nitrogen and oxygen atoms in total. The third kappa shape index (κ3) is 2.37. The first-order valence-corrected chi connectivity index (χ1v) is 10.8. The molecule has 0 saturated heterocycles. The van der Waals surface area contributed by atoms with Gasteiger partial charge in [0.25, 0.3) is 0 Å². The van der Waals surface area contributed by atoms with E-state index in [9.17, 15) is 0 Å². The predicted octanol–water partition coefficient (Wildman–Crippen LogP) is 7.27. The van der Waals surface area contributed by atoms with E-state index in [-0.39, 0.29) is 0 Å². The Kier molecular flexibility index (Phi) is 3.63. The van der Waals surface area contributed by atoms with Crippen LogP contribution >= 0.6 is 0 Å². The zero-order valence-corrected chi connectivity index (χ0v) is 16.5. The average Bonchev–Trinajstić information content (AvgIpc) is 3.38. The first kappa shape index (κ1) is 16.4. The van der Waals surface area contributed by atoms with Crippen LogP contribution in [0.5, 0.6) is 0 Å². The predicted molar refractivity (Wildman–Crippen MR) is 118 cm³/mol. The minimum absolute atomic E-state index is 0.540. The molecule has 3 aliphatic rings. The van der Waals surface area contributed by atoms with Crippen molar-refractivity contribution in [2.24, 2.45) is 0 Å². The molecule has 0 spiro atoms. The third-order valence-corrected chi connectivity index (χ3v) is 7.31. The Hall–Kier alpha value is -2.60. The molecular weight excluding hydrogens is 336 g/mol. The van der Waals surface area contributed by atoms with Crippen molar-refractivity contribution in [3.8, 4) is 11.1 Å². The number of hydrogen-bond donors (Lipinski definition) is 0. The van der Waals surface area contributed by atoms with Crippen molar-refractivity contribution < 1.29 is 0 Å². The van der Waals surface area contributed by atoms with E-state index in [0.29, 0.717) is 11.8 Å². The summed E-state index contributed by atoms with van der Waals surface area (Å²) >= 11 is 0. The highest BCUT2D eigenvalue weighted by molar-refractivity contribution is 5.78. The standard InChI is InChI=1S/C28H26/c1-18-15-21-16-19-7-6-8-20(19)17-28(21)22(18)13-14-27-25-11-4-2-9-23(25)24-10-3-5-12-26(24)27/h2-5,9-12,15-17,22,27H,6-8,13-14H2,1H3/t22-/m0/s1. The topological polar surface area (TPSA) is 0 Å². The second kappa shape index (κ2) is 6.21. The Labute approximate surface area is 167 Å². The van der Waals surface area contributed by atoms with E-state index in [1.807, 2.05) is 0 Å². The highest BCUT2D eigenvalue weighted by Gasteiger charge is 2.31. The van der Waals surface area contributed by atoms with E-state index >= 15 is 0 Å². The average molecular weight is 363 g/mol. The highest BCUT2D eigenvalue weighted by Crippen LogP contribution is 2.49. The number of aryl methyl sites for hydroxylation is 2. The monoisotopic (exact) mass is 362 g/mol. The third-order valence-electron chi connectivity index (χ3n) is 7.31. The van der Waals surface area contributed by atoms with Crippen molar-refractivity contribution in [2.75, 3.05) is 0 Å². The first-order valence-electron chi connectivity index (χ1n) is 10.8. The lowest BCUT2D eigenvalue weighted by atomic mass is 9.84. The van der Waals surface area contributed by atoms with Gasteiger partial charge in [-0.15, -0.1) is 0 Å². The lowest BCUT2D eigenvalue weighted by Gasteiger charge is -2.20. The van der Waals surface area contributed by atoms with Crippen molar-refractivity contribution in [3.63, 3.8) is 0 Å². The zero-order chi connectivity index (χ0) is 18.7. The number of allylic oxidation sites excluding steroid dienone is 1. The van der Waals surface area contributed by atoms with Crippen LogP contribution in [-0.4, -0.2) is 0 Å². The maximum atomic E-state index is 2.55. The van der Waals surface area contributed by atoms with Crippen LogP contribution in [0.1, 0.15) is 71.4 Å². The molecule has 28 heavy (non-hydrogen) atoms. The van der Waals surface area contributed by atoms with Crippen LogP contribution in [-0.2, 0) is 12.8 Å². The van der Waals surface area contributed by atoms with Gasteiger partial charge in [-0.3, -0.25) is 0 Å². The summed E-state index contributed by atoms with van der Waals surface area (Å²) in [6, 6.07) is 23.1. The highest BCUT2D eigenvalue weighted by atomic mass is 14.3. The molecule has 0 amide bonds. The van der Waals surface area contributed by atoms with E-state index in [1.54, 1.807) is 22.3 Å². The summed E-state index contributed by atoms with van der Waals surface area (Å²) in [7, 11) is 0. The van der Waals surface area contributed by atoms with Crippen molar-refractivity contribution >= 4 is 6.08 Å². The van der Waals surface area contributed by atoms with E-state index in [4.69, 9.17) is 0 Å². The molecule has 3 aromatic rings. The summed E-state index contributed by atoms with van der Waals surface area (Å²) in [5.74, 6) is 1.14.